The van der Waals surface area contributed by atoms with Crippen molar-refractivity contribution in [1.29, 1.82) is 0 Å². The van der Waals surface area contributed by atoms with Gasteiger partial charge in [-0.3, -0.25) is 14.8 Å². The Hall–Kier alpha value is -2.78. The lowest BCUT2D eigenvalue weighted by Crippen LogP contribution is -2.58. The lowest BCUT2D eigenvalue weighted by Gasteiger charge is -2.42. The molecule has 2 unspecified atom stereocenters. The molecule has 0 radical (unpaired) electrons. The maximum atomic E-state index is 12.8. The molecule has 3 rings (SSSR count). The number of halogens is 3. The van der Waals surface area contributed by atoms with Crippen molar-refractivity contribution in [1.82, 2.24) is 19.7 Å². The van der Waals surface area contributed by atoms with Gasteiger partial charge in [-0.15, -0.1) is 0 Å². The first-order valence-corrected chi connectivity index (χ1v) is 10.9. The average Bonchev–Trinajstić information content (AvgIpc) is 2.69. The molecule has 2 aromatic rings. The summed E-state index contributed by atoms with van der Waals surface area (Å²) in [6, 6.07) is 1.21. The van der Waals surface area contributed by atoms with Crippen LogP contribution in [0.1, 0.15) is 32.6 Å². The van der Waals surface area contributed by atoms with Gasteiger partial charge in [0, 0.05) is 18.3 Å². The topological polar surface area (TPSA) is 188 Å². The van der Waals surface area contributed by atoms with Crippen LogP contribution in [0.3, 0.4) is 0 Å². The predicted octanol–water partition coefficient (Wildman–Crippen LogP) is 0.431. The second kappa shape index (κ2) is 9.38. The summed E-state index contributed by atoms with van der Waals surface area (Å²) in [6.45, 7) is 2.19. The van der Waals surface area contributed by atoms with E-state index in [1.807, 2.05) is 6.92 Å². The lowest BCUT2D eigenvalue weighted by molar-refractivity contribution is -0.192. The Bertz CT molecular complexity index is 1210. The van der Waals surface area contributed by atoms with E-state index in [9.17, 15) is 31.2 Å². The number of nitrogens with one attached hydrogen (secondary N) is 3. The largest absolute Gasteiger partial charge is 0.490 e. The number of rotatable bonds is 4. The summed E-state index contributed by atoms with van der Waals surface area (Å²) in [4.78, 5) is 40.2. The van der Waals surface area contributed by atoms with Crippen LogP contribution >= 0.6 is 0 Å². The number of fused-ring (bicyclic) bond motifs is 1. The second-order valence-electron chi connectivity index (χ2n) is 7.39. The number of sulfonamides is 1. The van der Waals surface area contributed by atoms with Gasteiger partial charge in [0.05, 0.1) is 5.39 Å². The molecule has 1 saturated carbocycles. The number of aliphatic carboxylic acids is 1. The Morgan fingerprint density at radius 1 is 1.34 bits per heavy atom. The normalized spacial score (nSPS) is 21.6. The van der Waals surface area contributed by atoms with Gasteiger partial charge in [0.2, 0.25) is 10.0 Å². The van der Waals surface area contributed by atoms with Crippen LogP contribution in [0.25, 0.3) is 11.0 Å². The molecule has 0 spiro atoms. The van der Waals surface area contributed by atoms with Gasteiger partial charge in [-0.25, -0.2) is 27.7 Å². The van der Waals surface area contributed by atoms with E-state index in [1.54, 1.807) is 0 Å². The zero-order valence-electron chi connectivity index (χ0n) is 16.8. The number of H-pyrrole nitrogens is 2. The van der Waals surface area contributed by atoms with Crippen LogP contribution in [0.2, 0.25) is 0 Å². The molecule has 2 aromatic heterocycles. The molecule has 2 heterocycles. The Kier molecular flexibility index (Phi) is 7.47. The molecule has 6 N–H and O–H groups in total. The lowest BCUT2D eigenvalue weighted by atomic mass is 9.74. The highest BCUT2D eigenvalue weighted by Crippen LogP contribution is 2.34. The van der Waals surface area contributed by atoms with E-state index in [2.05, 4.69) is 19.7 Å². The minimum atomic E-state index is -5.08. The van der Waals surface area contributed by atoms with E-state index < -0.39 is 39.0 Å². The number of aromatic amines is 2. The Balaban J connectivity index is 0.000000451. The molecular formula is C17H22F3N5O6S. The predicted molar refractivity (Wildman–Crippen MR) is 106 cm³/mol. The van der Waals surface area contributed by atoms with Crippen LogP contribution in [0.15, 0.2) is 26.7 Å². The van der Waals surface area contributed by atoms with Crippen molar-refractivity contribution in [3.8, 4) is 0 Å². The highest BCUT2D eigenvalue weighted by molar-refractivity contribution is 7.89. The summed E-state index contributed by atoms with van der Waals surface area (Å²) in [5.74, 6) is -2.65. The molecule has 32 heavy (non-hydrogen) atoms. The van der Waals surface area contributed by atoms with Gasteiger partial charge in [0.25, 0.3) is 5.56 Å². The molecule has 178 valence electrons. The van der Waals surface area contributed by atoms with Crippen molar-refractivity contribution in [2.24, 2.45) is 11.7 Å². The molecular weight excluding hydrogens is 459 g/mol. The van der Waals surface area contributed by atoms with Gasteiger partial charge in [-0.1, -0.05) is 19.8 Å². The summed E-state index contributed by atoms with van der Waals surface area (Å²) in [6.07, 6.45) is -0.445. The number of nitrogens with zero attached hydrogens (tertiary/aromatic N) is 1. The Morgan fingerprint density at radius 3 is 2.50 bits per heavy atom. The maximum absolute atomic E-state index is 12.8. The number of pyridine rings is 1. The van der Waals surface area contributed by atoms with E-state index in [4.69, 9.17) is 15.6 Å². The van der Waals surface area contributed by atoms with E-state index in [0.29, 0.717) is 6.42 Å². The number of hydrogen-bond donors (Lipinski definition) is 5. The summed E-state index contributed by atoms with van der Waals surface area (Å²) in [5, 5.41) is 7.13. The Morgan fingerprint density at radius 2 is 1.97 bits per heavy atom. The molecule has 0 aliphatic heterocycles. The maximum Gasteiger partial charge on any atom is 0.490 e. The highest BCUT2D eigenvalue weighted by atomic mass is 32.2. The molecule has 0 bridgehead atoms. The summed E-state index contributed by atoms with van der Waals surface area (Å²) in [7, 11) is -3.92. The fourth-order valence-electron chi connectivity index (χ4n) is 3.41. The Labute approximate surface area is 179 Å². The SMILES string of the molecule is CC1CCCCC1(CN)NS(=O)(=O)c1cnc2[nH]c(=O)[nH]c(=O)c2c1.O=C(O)C(F)(F)F. The van der Waals surface area contributed by atoms with Crippen LogP contribution < -0.4 is 21.7 Å². The van der Waals surface area contributed by atoms with Gasteiger partial charge >= 0.3 is 17.8 Å². The first kappa shape index (κ1) is 25.5. The highest BCUT2D eigenvalue weighted by Gasteiger charge is 2.41. The van der Waals surface area contributed by atoms with Crippen LogP contribution in [0.5, 0.6) is 0 Å². The van der Waals surface area contributed by atoms with Crippen molar-refractivity contribution in [3.63, 3.8) is 0 Å². The van der Waals surface area contributed by atoms with Crippen molar-refractivity contribution in [2.45, 2.75) is 49.2 Å². The number of carboxylic acids is 1. The molecule has 2 atom stereocenters. The smallest absolute Gasteiger partial charge is 0.475 e. The molecule has 0 saturated heterocycles. The van der Waals surface area contributed by atoms with Crippen LogP contribution in [-0.2, 0) is 14.8 Å². The number of carboxylic acid groups (broad SMARTS) is 1. The van der Waals surface area contributed by atoms with Crippen LogP contribution in [0, 0.1) is 5.92 Å². The summed E-state index contributed by atoms with van der Waals surface area (Å²) in [5.41, 5.74) is 3.85. The fraction of sp³-hybridized carbons (Fsp3) is 0.529. The van der Waals surface area contributed by atoms with Gasteiger partial charge in [-0.05, 0) is 24.8 Å². The fourth-order valence-corrected chi connectivity index (χ4v) is 4.92. The third kappa shape index (κ3) is 5.72. The van der Waals surface area contributed by atoms with Crippen LogP contribution in [0.4, 0.5) is 13.2 Å². The minimum absolute atomic E-state index is 0.000895. The molecule has 0 aromatic carbocycles. The van der Waals surface area contributed by atoms with Crippen LogP contribution in [-0.4, -0.2) is 52.7 Å². The van der Waals surface area contributed by atoms with E-state index in [0.717, 1.165) is 25.5 Å². The van der Waals surface area contributed by atoms with E-state index in [-0.39, 0.29) is 28.4 Å². The summed E-state index contributed by atoms with van der Waals surface area (Å²) >= 11 is 0. The van der Waals surface area contributed by atoms with Gasteiger partial charge < -0.3 is 10.8 Å². The quantitative estimate of drug-likeness (QED) is 0.415. The third-order valence-corrected chi connectivity index (χ3v) is 6.79. The number of nitrogens with two attached hydrogens (primary N) is 1. The molecule has 15 heteroatoms. The molecule has 0 amide bonds. The zero-order chi connectivity index (χ0) is 24.3. The first-order valence-electron chi connectivity index (χ1n) is 9.38. The zero-order valence-corrected chi connectivity index (χ0v) is 17.6. The van der Waals surface area contributed by atoms with Crippen molar-refractivity contribution >= 4 is 27.0 Å². The average molecular weight is 481 g/mol. The number of aromatic nitrogens is 3. The van der Waals surface area contributed by atoms with E-state index in [1.165, 1.54) is 6.07 Å². The van der Waals surface area contributed by atoms with Crippen molar-refractivity contribution in [3.05, 3.63) is 33.1 Å². The van der Waals surface area contributed by atoms with E-state index >= 15 is 0 Å². The second-order valence-corrected chi connectivity index (χ2v) is 9.07. The van der Waals surface area contributed by atoms with Gasteiger partial charge in [0.15, 0.2) is 0 Å². The van der Waals surface area contributed by atoms with Crippen molar-refractivity contribution in [2.75, 3.05) is 6.54 Å². The molecule has 11 nitrogen and oxygen atoms in total. The third-order valence-electron chi connectivity index (χ3n) is 5.27. The summed E-state index contributed by atoms with van der Waals surface area (Å²) < 4.78 is 60.2. The molecule has 1 fully saturated rings. The number of carbonyl (C=O) groups is 1. The number of hydrogen-bond acceptors (Lipinski definition) is 7. The van der Waals surface area contributed by atoms with Gasteiger partial charge in [-0.2, -0.15) is 13.2 Å². The number of alkyl halides is 3. The molecule has 1 aliphatic carbocycles. The van der Waals surface area contributed by atoms with Crippen molar-refractivity contribution < 1.29 is 31.5 Å². The van der Waals surface area contributed by atoms with Gasteiger partial charge in [0.1, 0.15) is 10.5 Å². The standard InChI is InChI=1S/C15H21N5O4S.C2HF3O2/c1-9-4-2-3-5-15(9,8-16)20-25(23,24)10-6-11-12(17-7-10)18-14(22)19-13(11)21;3-2(4,5)1(6)7/h6-7,9,20H,2-5,8,16H2,1H3,(H2,17,18,19,21,22);(H,6,7). The molecule has 1 aliphatic rings. The monoisotopic (exact) mass is 481 g/mol. The first-order chi connectivity index (χ1) is 14.7. The minimum Gasteiger partial charge on any atom is -0.475 e.